The SMILES string of the molecule is COc1ccc(/C=C2\SC(=O)N(Cc3ccccc3C)C2=O)c(OC)c1OC. The smallest absolute Gasteiger partial charge is 0.293 e. The number of hydrogen-bond donors (Lipinski definition) is 0. The molecule has 1 aliphatic rings. The van der Waals surface area contributed by atoms with E-state index in [2.05, 4.69) is 0 Å². The van der Waals surface area contributed by atoms with Crippen LogP contribution in [0.1, 0.15) is 16.7 Å². The second-order valence-corrected chi connectivity index (χ2v) is 7.11. The molecule has 0 N–H and O–H groups in total. The Morgan fingerprint density at radius 1 is 0.964 bits per heavy atom. The van der Waals surface area contributed by atoms with E-state index < -0.39 is 0 Å². The number of methoxy groups -OCH3 is 3. The Hall–Kier alpha value is -2.93. The highest BCUT2D eigenvalue weighted by Gasteiger charge is 2.35. The highest BCUT2D eigenvalue weighted by Crippen LogP contribution is 2.42. The van der Waals surface area contributed by atoms with Gasteiger partial charge in [-0.3, -0.25) is 14.5 Å². The van der Waals surface area contributed by atoms with Crippen LogP contribution in [0.4, 0.5) is 4.79 Å². The van der Waals surface area contributed by atoms with Gasteiger partial charge in [0, 0.05) is 5.56 Å². The van der Waals surface area contributed by atoms with Crippen LogP contribution < -0.4 is 14.2 Å². The summed E-state index contributed by atoms with van der Waals surface area (Å²) in [6, 6.07) is 11.2. The van der Waals surface area contributed by atoms with Gasteiger partial charge in [0.15, 0.2) is 11.5 Å². The van der Waals surface area contributed by atoms with E-state index in [1.807, 2.05) is 31.2 Å². The molecule has 0 atom stereocenters. The number of thioether (sulfide) groups is 1. The van der Waals surface area contributed by atoms with Crippen molar-refractivity contribution in [3.05, 3.63) is 58.0 Å². The third kappa shape index (κ3) is 3.71. The first-order valence-electron chi connectivity index (χ1n) is 8.59. The average molecular weight is 399 g/mol. The summed E-state index contributed by atoms with van der Waals surface area (Å²) in [5.41, 5.74) is 2.60. The highest BCUT2D eigenvalue weighted by atomic mass is 32.2. The first-order valence-corrected chi connectivity index (χ1v) is 9.40. The summed E-state index contributed by atoms with van der Waals surface area (Å²) in [5.74, 6) is 1.06. The van der Waals surface area contributed by atoms with Gasteiger partial charge in [-0.15, -0.1) is 0 Å². The molecule has 1 saturated heterocycles. The quantitative estimate of drug-likeness (QED) is 0.677. The molecular formula is C21H21NO5S. The number of carbonyl (C=O) groups is 2. The number of carbonyl (C=O) groups excluding carboxylic acids is 2. The maximum atomic E-state index is 12.8. The molecule has 146 valence electrons. The van der Waals surface area contributed by atoms with Crippen molar-refractivity contribution in [1.82, 2.24) is 4.90 Å². The molecule has 3 rings (SSSR count). The predicted molar refractivity (Wildman–Crippen MR) is 109 cm³/mol. The summed E-state index contributed by atoms with van der Waals surface area (Å²) in [7, 11) is 4.56. The van der Waals surface area contributed by atoms with Gasteiger partial charge in [0.05, 0.1) is 32.8 Å². The second kappa shape index (κ2) is 8.39. The zero-order valence-corrected chi connectivity index (χ0v) is 17.0. The monoisotopic (exact) mass is 399 g/mol. The molecule has 1 heterocycles. The lowest BCUT2D eigenvalue weighted by Crippen LogP contribution is -2.27. The van der Waals surface area contributed by atoms with Gasteiger partial charge >= 0.3 is 0 Å². The molecule has 0 saturated carbocycles. The van der Waals surface area contributed by atoms with Gasteiger partial charge < -0.3 is 14.2 Å². The van der Waals surface area contributed by atoms with Gasteiger partial charge in [-0.05, 0) is 48.0 Å². The molecule has 0 aliphatic carbocycles. The lowest BCUT2D eigenvalue weighted by Gasteiger charge is -2.15. The van der Waals surface area contributed by atoms with Crippen LogP contribution in [0, 0.1) is 6.92 Å². The van der Waals surface area contributed by atoms with Crippen molar-refractivity contribution in [2.24, 2.45) is 0 Å². The number of ether oxygens (including phenoxy) is 3. The van der Waals surface area contributed by atoms with Gasteiger partial charge in [0.1, 0.15) is 0 Å². The number of nitrogens with zero attached hydrogens (tertiary/aromatic N) is 1. The van der Waals surface area contributed by atoms with Gasteiger partial charge in [-0.2, -0.15) is 0 Å². The minimum atomic E-state index is -0.324. The number of hydrogen-bond acceptors (Lipinski definition) is 6. The van der Waals surface area contributed by atoms with Crippen LogP contribution in [0.25, 0.3) is 6.08 Å². The first kappa shape index (κ1) is 19.8. The van der Waals surface area contributed by atoms with Gasteiger partial charge in [-0.25, -0.2) is 0 Å². The number of amides is 2. The summed E-state index contributed by atoms with van der Waals surface area (Å²) < 4.78 is 16.1. The van der Waals surface area contributed by atoms with Crippen LogP contribution >= 0.6 is 11.8 Å². The van der Waals surface area contributed by atoms with Gasteiger partial charge in [-0.1, -0.05) is 24.3 Å². The van der Waals surface area contributed by atoms with E-state index in [4.69, 9.17) is 14.2 Å². The molecular weight excluding hydrogens is 378 g/mol. The van der Waals surface area contributed by atoms with Crippen molar-refractivity contribution in [1.29, 1.82) is 0 Å². The van der Waals surface area contributed by atoms with Crippen molar-refractivity contribution in [2.75, 3.05) is 21.3 Å². The number of imide groups is 1. The number of benzene rings is 2. The molecule has 1 aliphatic heterocycles. The van der Waals surface area contributed by atoms with E-state index in [9.17, 15) is 9.59 Å². The van der Waals surface area contributed by atoms with Crippen molar-refractivity contribution >= 4 is 29.0 Å². The molecule has 2 aromatic carbocycles. The molecule has 0 aromatic heterocycles. The van der Waals surface area contributed by atoms with E-state index in [1.165, 1.54) is 26.2 Å². The molecule has 6 nitrogen and oxygen atoms in total. The maximum Gasteiger partial charge on any atom is 0.293 e. The topological polar surface area (TPSA) is 65.1 Å². The van der Waals surface area contributed by atoms with E-state index in [-0.39, 0.29) is 17.7 Å². The van der Waals surface area contributed by atoms with Crippen LogP contribution in [-0.4, -0.2) is 37.4 Å². The van der Waals surface area contributed by atoms with Crippen LogP contribution in [0.5, 0.6) is 17.2 Å². The largest absolute Gasteiger partial charge is 0.493 e. The molecule has 2 amide bonds. The standard InChI is InChI=1S/C21H21NO5S/c1-13-7-5-6-8-15(13)12-22-20(23)17(28-21(22)24)11-14-9-10-16(25-2)19(27-4)18(14)26-3/h5-11H,12H2,1-4H3/b17-11-. The second-order valence-electron chi connectivity index (χ2n) is 6.12. The lowest BCUT2D eigenvalue weighted by molar-refractivity contribution is -0.123. The molecule has 0 unspecified atom stereocenters. The fourth-order valence-corrected chi connectivity index (χ4v) is 3.80. The van der Waals surface area contributed by atoms with Crippen molar-refractivity contribution in [2.45, 2.75) is 13.5 Å². The lowest BCUT2D eigenvalue weighted by atomic mass is 10.1. The van der Waals surface area contributed by atoms with E-state index in [0.717, 1.165) is 22.9 Å². The summed E-state index contributed by atoms with van der Waals surface area (Å²) in [5, 5.41) is -0.293. The minimum Gasteiger partial charge on any atom is -0.493 e. The van der Waals surface area contributed by atoms with Crippen molar-refractivity contribution in [3.63, 3.8) is 0 Å². The summed E-state index contributed by atoms with van der Waals surface area (Å²) >= 11 is 0.915. The maximum absolute atomic E-state index is 12.8. The molecule has 7 heteroatoms. The van der Waals surface area contributed by atoms with Crippen LogP contribution in [0.2, 0.25) is 0 Å². The van der Waals surface area contributed by atoms with Crippen molar-refractivity contribution in [3.8, 4) is 17.2 Å². The molecule has 0 spiro atoms. The molecule has 0 bridgehead atoms. The molecule has 0 radical (unpaired) electrons. The average Bonchev–Trinajstić information content (AvgIpc) is 2.96. The zero-order chi connectivity index (χ0) is 20.3. The highest BCUT2D eigenvalue weighted by molar-refractivity contribution is 8.18. The summed E-state index contributed by atoms with van der Waals surface area (Å²) in [4.78, 5) is 26.9. The Morgan fingerprint density at radius 2 is 1.68 bits per heavy atom. The Bertz CT molecular complexity index is 954. The Morgan fingerprint density at radius 3 is 2.32 bits per heavy atom. The third-order valence-corrected chi connectivity index (χ3v) is 5.39. The van der Waals surface area contributed by atoms with E-state index in [0.29, 0.717) is 27.7 Å². The Kier molecular flexibility index (Phi) is 5.94. The van der Waals surface area contributed by atoms with Gasteiger partial charge in [0.25, 0.3) is 11.1 Å². The molecule has 2 aromatic rings. The van der Waals surface area contributed by atoms with Crippen LogP contribution in [-0.2, 0) is 11.3 Å². The Labute approximate surface area is 168 Å². The fraction of sp³-hybridized carbons (Fsp3) is 0.238. The summed E-state index contributed by atoms with van der Waals surface area (Å²) in [6.07, 6.45) is 1.64. The molecule has 1 fully saturated rings. The Balaban J connectivity index is 1.93. The fourth-order valence-electron chi connectivity index (χ4n) is 2.97. The number of rotatable bonds is 6. The van der Waals surface area contributed by atoms with Crippen LogP contribution in [0.3, 0.4) is 0 Å². The first-order chi connectivity index (χ1) is 13.5. The van der Waals surface area contributed by atoms with Crippen molar-refractivity contribution < 1.29 is 23.8 Å². The van der Waals surface area contributed by atoms with Gasteiger partial charge in [0.2, 0.25) is 5.75 Å². The summed E-state index contributed by atoms with van der Waals surface area (Å²) in [6.45, 7) is 2.20. The van der Waals surface area contributed by atoms with Crippen LogP contribution in [0.15, 0.2) is 41.3 Å². The normalized spacial score (nSPS) is 15.3. The van der Waals surface area contributed by atoms with E-state index in [1.54, 1.807) is 18.2 Å². The number of aryl methyl sites for hydroxylation is 1. The zero-order valence-electron chi connectivity index (χ0n) is 16.1. The van der Waals surface area contributed by atoms with E-state index >= 15 is 0 Å². The molecule has 28 heavy (non-hydrogen) atoms. The predicted octanol–water partition coefficient (Wildman–Crippen LogP) is 4.26. The third-order valence-electron chi connectivity index (χ3n) is 4.48. The minimum absolute atomic E-state index is 0.248.